The van der Waals surface area contributed by atoms with Gasteiger partial charge in [0.05, 0.1) is 12.2 Å². The number of anilines is 1. The van der Waals surface area contributed by atoms with Gasteiger partial charge >= 0.3 is 0 Å². The normalized spacial score (nSPS) is 16.7. The lowest BCUT2D eigenvalue weighted by Crippen LogP contribution is -2.52. The van der Waals surface area contributed by atoms with Crippen molar-refractivity contribution >= 4 is 41.5 Å². The van der Waals surface area contributed by atoms with E-state index in [2.05, 4.69) is 34.2 Å². The molecule has 1 amide bonds. The topological polar surface area (TPSA) is 51.2 Å². The van der Waals surface area contributed by atoms with Gasteiger partial charge in [0.15, 0.2) is 5.96 Å². The second kappa shape index (κ2) is 12.2. The second-order valence-electron chi connectivity index (χ2n) is 8.28. The van der Waals surface area contributed by atoms with Crippen LogP contribution >= 0.6 is 24.0 Å². The van der Waals surface area contributed by atoms with Gasteiger partial charge in [0.1, 0.15) is 5.82 Å². The zero-order valence-electron chi connectivity index (χ0n) is 19.2. The van der Waals surface area contributed by atoms with E-state index in [1.54, 1.807) is 6.07 Å². The van der Waals surface area contributed by atoms with Gasteiger partial charge in [0, 0.05) is 52.2 Å². The Balaban J connectivity index is 0.00000306. The molecule has 2 aliphatic heterocycles. The van der Waals surface area contributed by atoms with Crippen molar-refractivity contribution in [2.45, 2.75) is 32.9 Å². The van der Waals surface area contributed by atoms with E-state index in [0.717, 1.165) is 62.8 Å². The number of guanidine groups is 1. The molecule has 0 saturated carbocycles. The van der Waals surface area contributed by atoms with Gasteiger partial charge in [0.2, 0.25) is 5.91 Å². The van der Waals surface area contributed by atoms with E-state index in [0.29, 0.717) is 25.2 Å². The van der Waals surface area contributed by atoms with E-state index >= 15 is 0 Å². The molecule has 0 atom stereocenters. The molecule has 0 bridgehead atoms. The minimum Gasteiger partial charge on any atom is -0.366 e. The van der Waals surface area contributed by atoms with Crippen LogP contribution in [0.25, 0.3) is 0 Å². The van der Waals surface area contributed by atoms with Crippen LogP contribution in [0.1, 0.15) is 30.9 Å². The van der Waals surface area contributed by atoms with E-state index < -0.39 is 0 Å². The van der Waals surface area contributed by atoms with Crippen molar-refractivity contribution in [3.63, 3.8) is 0 Å². The number of rotatable bonds is 6. The number of aliphatic imine (C=N–C) groups is 1. The number of hydrogen-bond acceptors (Lipinski definition) is 3. The molecule has 1 N–H and O–H groups in total. The van der Waals surface area contributed by atoms with Crippen molar-refractivity contribution < 1.29 is 9.18 Å². The first kappa shape index (κ1) is 25.3. The first-order valence-corrected chi connectivity index (χ1v) is 11.5. The summed E-state index contributed by atoms with van der Waals surface area (Å²) < 4.78 is 14.2. The van der Waals surface area contributed by atoms with Gasteiger partial charge in [0.25, 0.3) is 0 Å². The number of amides is 1. The van der Waals surface area contributed by atoms with Crippen molar-refractivity contribution in [3.05, 3.63) is 65.5 Å². The maximum absolute atomic E-state index is 14.2. The van der Waals surface area contributed by atoms with Gasteiger partial charge in [-0.2, -0.15) is 0 Å². The zero-order chi connectivity index (χ0) is 22.3. The minimum atomic E-state index is -0.172. The lowest BCUT2D eigenvalue weighted by Gasteiger charge is -2.37. The molecule has 2 fully saturated rings. The number of piperazine rings is 1. The van der Waals surface area contributed by atoms with Crippen LogP contribution in [0.4, 0.5) is 10.1 Å². The molecule has 33 heavy (non-hydrogen) atoms. The molecule has 0 aliphatic carbocycles. The van der Waals surface area contributed by atoms with Crippen molar-refractivity contribution in [3.8, 4) is 0 Å². The molecule has 0 unspecified atom stereocenters. The number of nitrogens with zero attached hydrogens (tertiary/aromatic N) is 4. The monoisotopic (exact) mass is 565 g/mol. The van der Waals surface area contributed by atoms with Gasteiger partial charge < -0.3 is 20.0 Å². The van der Waals surface area contributed by atoms with Gasteiger partial charge in [-0.1, -0.05) is 36.4 Å². The number of nitrogens with one attached hydrogen (secondary N) is 1. The van der Waals surface area contributed by atoms with Gasteiger partial charge in [-0.25, -0.2) is 9.38 Å². The number of halogens is 2. The standard InChI is InChI=1S/C25H32FN5O.HI/c1-2-27-25(30-16-14-29(15-17-30)23-11-6-5-10-22(23)26)28-18-20-8-3-4-9-21(20)19-31-13-7-12-24(31)32;/h3-6,8-11H,2,7,12-19H2,1H3,(H,27,28);1H. The Morgan fingerprint density at radius 3 is 2.36 bits per heavy atom. The Morgan fingerprint density at radius 2 is 1.70 bits per heavy atom. The Bertz CT molecular complexity index is 961. The van der Waals surface area contributed by atoms with Crippen molar-refractivity contribution in [1.82, 2.24) is 15.1 Å². The summed E-state index contributed by atoms with van der Waals surface area (Å²) in [6.45, 7) is 7.97. The van der Waals surface area contributed by atoms with Gasteiger partial charge in [-0.3, -0.25) is 4.79 Å². The highest BCUT2D eigenvalue weighted by atomic mass is 127. The van der Waals surface area contributed by atoms with Crippen LogP contribution in [0.2, 0.25) is 0 Å². The third kappa shape index (κ3) is 6.37. The molecule has 2 saturated heterocycles. The van der Waals surface area contributed by atoms with Crippen LogP contribution < -0.4 is 10.2 Å². The van der Waals surface area contributed by atoms with Crippen molar-refractivity contribution in [1.29, 1.82) is 0 Å². The molecule has 8 heteroatoms. The third-order valence-corrected chi connectivity index (χ3v) is 6.16. The molecule has 2 aromatic rings. The van der Waals surface area contributed by atoms with Gasteiger partial charge in [-0.05, 0) is 36.6 Å². The largest absolute Gasteiger partial charge is 0.366 e. The van der Waals surface area contributed by atoms with E-state index in [1.807, 2.05) is 29.2 Å². The van der Waals surface area contributed by atoms with E-state index in [4.69, 9.17) is 4.99 Å². The fourth-order valence-corrected chi connectivity index (χ4v) is 4.40. The highest BCUT2D eigenvalue weighted by molar-refractivity contribution is 14.0. The number of likely N-dealkylation sites (tertiary alicyclic amines) is 1. The summed E-state index contributed by atoms with van der Waals surface area (Å²) >= 11 is 0. The molecule has 0 radical (unpaired) electrons. The summed E-state index contributed by atoms with van der Waals surface area (Å²) in [4.78, 5) is 23.2. The molecular weight excluding hydrogens is 532 g/mol. The van der Waals surface area contributed by atoms with Crippen LogP contribution in [0.15, 0.2) is 53.5 Å². The second-order valence-corrected chi connectivity index (χ2v) is 8.28. The molecular formula is C25H33FIN5O. The summed E-state index contributed by atoms with van der Waals surface area (Å²) in [6, 6.07) is 15.2. The highest BCUT2D eigenvalue weighted by Gasteiger charge is 2.22. The first-order chi connectivity index (χ1) is 15.7. The molecule has 0 spiro atoms. The van der Waals surface area contributed by atoms with Crippen LogP contribution in [-0.4, -0.2) is 60.9 Å². The third-order valence-electron chi connectivity index (χ3n) is 6.16. The molecule has 2 aromatic carbocycles. The summed E-state index contributed by atoms with van der Waals surface area (Å²) in [5.41, 5.74) is 2.97. The Morgan fingerprint density at radius 1 is 1.00 bits per heavy atom. The van der Waals surface area contributed by atoms with Gasteiger partial charge in [-0.15, -0.1) is 24.0 Å². The van der Waals surface area contributed by atoms with E-state index in [-0.39, 0.29) is 35.7 Å². The molecule has 2 aliphatic rings. The van der Waals surface area contributed by atoms with E-state index in [9.17, 15) is 9.18 Å². The Hall–Kier alpha value is -2.36. The number of carbonyl (C=O) groups excluding carboxylic acids is 1. The average Bonchev–Trinajstić information content (AvgIpc) is 3.22. The zero-order valence-corrected chi connectivity index (χ0v) is 21.5. The van der Waals surface area contributed by atoms with Crippen LogP contribution in [0.5, 0.6) is 0 Å². The lowest BCUT2D eigenvalue weighted by atomic mass is 10.1. The molecule has 0 aromatic heterocycles. The summed E-state index contributed by atoms with van der Waals surface area (Å²) in [5.74, 6) is 0.951. The molecule has 4 rings (SSSR count). The fourth-order valence-electron chi connectivity index (χ4n) is 4.40. The first-order valence-electron chi connectivity index (χ1n) is 11.5. The number of benzene rings is 2. The molecule has 6 nitrogen and oxygen atoms in total. The quantitative estimate of drug-likeness (QED) is 0.329. The van der Waals surface area contributed by atoms with Crippen LogP contribution in [0.3, 0.4) is 0 Å². The molecule has 2 heterocycles. The maximum Gasteiger partial charge on any atom is 0.222 e. The smallest absolute Gasteiger partial charge is 0.222 e. The van der Waals surface area contributed by atoms with Crippen LogP contribution in [-0.2, 0) is 17.9 Å². The Labute approximate surface area is 212 Å². The maximum atomic E-state index is 14.2. The summed E-state index contributed by atoms with van der Waals surface area (Å²) in [7, 11) is 0. The lowest BCUT2D eigenvalue weighted by molar-refractivity contribution is -0.128. The predicted octanol–water partition coefficient (Wildman–Crippen LogP) is 3.85. The van der Waals surface area contributed by atoms with Crippen LogP contribution in [0, 0.1) is 5.82 Å². The summed E-state index contributed by atoms with van der Waals surface area (Å²) in [5, 5.41) is 3.41. The number of para-hydroxylation sites is 1. The fraction of sp³-hybridized carbons (Fsp3) is 0.440. The highest BCUT2D eigenvalue weighted by Crippen LogP contribution is 2.21. The molecule has 178 valence electrons. The summed E-state index contributed by atoms with van der Waals surface area (Å²) in [6.07, 6.45) is 1.60. The average molecular weight is 565 g/mol. The SMILES string of the molecule is CCNC(=NCc1ccccc1CN1CCCC1=O)N1CCN(c2ccccc2F)CC1.I. The predicted molar refractivity (Wildman–Crippen MR) is 142 cm³/mol. The number of carbonyl (C=O) groups is 1. The van der Waals surface area contributed by atoms with Crippen molar-refractivity contribution in [2.75, 3.05) is 44.2 Å². The van der Waals surface area contributed by atoms with Crippen molar-refractivity contribution in [2.24, 2.45) is 4.99 Å². The minimum absolute atomic E-state index is 0. The Kier molecular flexibility index (Phi) is 9.34. The van der Waals surface area contributed by atoms with E-state index in [1.165, 1.54) is 6.07 Å². The number of hydrogen-bond donors (Lipinski definition) is 1.